The molecule has 0 aromatic heterocycles. The molecule has 2 atom stereocenters. The molecule has 0 aromatic rings. The first-order valence-electron chi connectivity index (χ1n) is 19.4. The summed E-state index contributed by atoms with van der Waals surface area (Å²) in [6.45, 7) is 3.34. The molecule has 0 bridgehead atoms. The zero-order chi connectivity index (χ0) is 38.9. The number of rotatable bonds is 34. The lowest BCUT2D eigenvalue weighted by atomic mass is 10.1. The number of carbonyl (C=O) groups excluding carboxylic acids is 2. The predicted octanol–water partition coefficient (Wildman–Crippen LogP) is 10.8. The van der Waals surface area contributed by atoms with Gasteiger partial charge in [0.25, 0.3) is 0 Å². The summed E-state index contributed by atoms with van der Waals surface area (Å²) < 4.78 is 32.6. The van der Waals surface area contributed by atoms with Gasteiger partial charge in [0.15, 0.2) is 6.10 Å². The van der Waals surface area contributed by atoms with E-state index in [1.165, 1.54) is 0 Å². The molecule has 10 heteroatoms. The minimum atomic E-state index is -4.40. The summed E-state index contributed by atoms with van der Waals surface area (Å²) in [6, 6.07) is 0. The minimum absolute atomic E-state index is 0.0348. The lowest BCUT2D eigenvalue weighted by Gasteiger charge is -2.19. The van der Waals surface area contributed by atoms with Crippen molar-refractivity contribution in [3.63, 3.8) is 0 Å². The van der Waals surface area contributed by atoms with E-state index in [0.717, 1.165) is 77.0 Å². The van der Waals surface area contributed by atoms with Crippen LogP contribution in [-0.4, -0.2) is 49.3 Å². The SMILES string of the molecule is CC/C=C/C=C/C=C/C=C/CCCCCC(=O)OC(COC(=O)CCCCC/C=C/C/C=C/C/C=C/C/C=C/C/C=C/CC)COP(=O)(O)OCCN. The lowest BCUT2D eigenvalue weighted by Crippen LogP contribution is -2.29. The highest BCUT2D eigenvalue weighted by Crippen LogP contribution is 2.43. The minimum Gasteiger partial charge on any atom is -0.462 e. The van der Waals surface area contributed by atoms with Crippen LogP contribution in [0.25, 0.3) is 0 Å². The maximum atomic E-state index is 12.5. The van der Waals surface area contributed by atoms with Crippen LogP contribution in [-0.2, 0) is 32.7 Å². The van der Waals surface area contributed by atoms with Crippen molar-refractivity contribution in [1.29, 1.82) is 0 Å². The van der Waals surface area contributed by atoms with Crippen LogP contribution in [0.4, 0.5) is 0 Å². The maximum absolute atomic E-state index is 12.5. The smallest absolute Gasteiger partial charge is 0.462 e. The Morgan fingerprint density at radius 1 is 0.585 bits per heavy atom. The molecule has 0 saturated heterocycles. The molecule has 0 radical (unpaired) electrons. The van der Waals surface area contributed by atoms with Crippen molar-refractivity contribution in [2.75, 3.05) is 26.4 Å². The summed E-state index contributed by atoms with van der Waals surface area (Å²) in [4.78, 5) is 34.7. The van der Waals surface area contributed by atoms with E-state index in [-0.39, 0.29) is 32.6 Å². The first-order valence-corrected chi connectivity index (χ1v) is 20.9. The second-order valence-electron chi connectivity index (χ2n) is 12.1. The number of nitrogens with two attached hydrogens (primary N) is 1. The summed E-state index contributed by atoms with van der Waals surface area (Å²) in [5.41, 5.74) is 5.33. The van der Waals surface area contributed by atoms with Crippen molar-refractivity contribution in [3.05, 3.63) is 109 Å². The highest BCUT2D eigenvalue weighted by atomic mass is 31.2. The number of carbonyl (C=O) groups is 2. The molecular formula is C43H68NO8P. The highest BCUT2D eigenvalue weighted by Gasteiger charge is 2.25. The van der Waals surface area contributed by atoms with Gasteiger partial charge in [-0.1, -0.05) is 136 Å². The molecule has 3 N–H and O–H groups in total. The zero-order valence-corrected chi connectivity index (χ0v) is 33.3. The van der Waals surface area contributed by atoms with Crippen molar-refractivity contribution >= 4 is 19.8 Å². The molecule has 0 aromatic carbocycles. The fourth-order valence-electron chi connectivity index (χ4n) is 4.43. The number of unbranched alkanes of at least 4 members (excludes halogenated alkanes) is 6. The van der Waals surface area contributed by atoms with E-state index in [1.807, 2.05) is 36.5 Å². The second-order valence-corrected chi connectivity index (χ2v) is 13.6. The molecule has 0 spiro atoms. The average molecular weight is 758 g/mol. The Kier molecular flexibility index (Phi) is 36.0. The molecule has 0 aliphatic heterocycles. The normalized spacial score (nSPS) is 14.6. The summed E-state index contributed by atoms with van der Waals surface area (Å²) >= 11 is 0. The highest BCUT2D eigenvalue weighted by molar-refractivity contribution is 7.47. The topological polar surface area (TPSA) is 134 Å². The van der Waals surface area contributed by atoms with E-state index in [1.54, 1.807) is 0 Å². The molecule has 298 valence electrons. The molecular weight excluding hydrogens is 689 g/mol. The number of phosphoric ester groups is 1. The van der Waals surface area contributed by atoms with Crippen LogP contribution >= 0.6 is 7.82 Å². The number of hydrogen-bond acceptors (Lipinski definition) is 8. The van der Waals surface area contributed by atoms with Crippen LogP contribution in [0.1, 0.15) is 117 Å². The van der Waals surface area contributed by atoms with Gasteiger partial charge in [-0.2, -0.15) is 0 Å². The van der Waals surface area contributed by atoms with Crippen LogP contribution < -0.4 is 5.73 Å². The Bertz CT molecular complexity index is 1230. The number of ether oxygens (including phenoxy) is 2. The molecule has 0 aliphatic carbocycles. The Morgan fingerprint density at radius 2 is 1.08 bits per heavy atom. The number of allylic oxidation sites excluding steroid dienone is 18. The van der Waals surface area contributed by atoms with Crippen LogP contribution in [0.15, 0.2) is 109 Å². The predicted molar refractivity (Wildman–Crippen MR) is 219 cm³/mol. The summed E-state index contributed by atoms with van der Waals surface area (Å²) in [7, 11) is -4.40. The van der Waals surface area contributed by atoms with Crippen LogP contribution in [0.3, 0.4) is 0 Å². The average Bonchev–Trinajstić information content (AvgIpc) is 3.14. The summed E-state index contributed by atoms with van der Waals surface area (Å²) in [6.07, 6.45) is 49.8. The van der Waals surface area contributed by atoms with E-state index < -0.39 is 32.5 Å². The van der Waals surface area contributed by atoms with Crippen LogP contribution in [0.2, 0.25) is 0 Å². The lowest BCUT2D eigenvalue weighted by molar-refractivity contribution is -0.161. The standard InChI is InChI=1S/C43H68NO8P/c1-3-5-7-9-11-13-15-17-18-19-20-21-22-24-25-27-29-31-33-35-42(45)49-39-41(40-51-53(47,48)50-38-37-44)52-43(46)36-34-32-30-28-26-23-16-14-12-10-8-6-4-2/h5-8,10-14,16-18,20-21,23-26,41H,3-4,9,15,19,22,27-40,44H2,1-2H3,(H,47,48)/b7-5+,8-6+,12-10+,13-11+,16-14+,18-17+,21-20+,25-24+,26-23+. The van der Waals surface area contributed by atoms with Crippen molar-refractivity contribution in [2.24, 2.45) is 5.73 Å². The Hall–Kier alpha value is -3.33. The van der Waals surface area contributed by atoms with Gasteiger partial charge in [0.2, 0.25) is 0 Å². The van der Waals surface area contributed by atoms with Gasteiger partial charge >= 0.3 is 19.8 Å². The van der Waals surface area contributed by atoms with E-state index in [2.05, 4.69) is 86.8 Å². The second kappa shape index (κ2) is 38.4. The van der Waals surface area contributed by atoms with E-state index in [0.29, 0.717) is 12.8 Å². The van der Waals surface area contributed by atoms with Crippen molar-refractivity contribution in [2.45, 2.75) is 123 Å². The van der Waals surface area contributed by atoms with E-state index >= 15 is 0 Å². The Balaban J connectivity index is 4.35. The van der Waals surface area contributed by atoms with Crippen LogP contribution in [0, 0.1) is 0 Å². The molecule has 9 nitrogen and oxygen atoms in total. The molecule has 53 heavy (non-hydrogen) atoms. The molecule has 0 fully saturated rings. The Morgan fingerprint density at radius 3 is 1.64 bits per heavy atom. The monoisotopic (exact) mass is 757 g/mol. The fourth-order valence-corrected chi connectivity index (χ4v) is 5.20. The third-order valence-corrected chi connectivity index (χ3v) is 8.23. The zero-order valence-electron chi connectivity index (χ0n) is 32.4. The number of esters is 2. The largest absolute Gasteiger partial charge is 0.472 e. The first kappa shape index (κ1) is 49.7. The third-order valence-electron chi connectivity index (χ3n) is 7.25. The maximum Gasteiger partial charge on any atom is 0.472 e. The number of phosphoric acid groups is 1. The molecule has 0 heterocycles. The van der Waals surface area contributed by atoms with Gasteiger partial charge in [-0.15, -0.1) is 0 Å². The summed E-state index contributed by atoms with van der Waals surface area (Å²) in [5, 5.41) is 0. The van der Waals surface area contributed by atoms with Crippen LogP contribution in [0.5, 0.6) is 0 Å². The van der Waals surface area contributed by atoms with Crippen molar-refractivity contribution < 1.29 is 37.6 Å². The van der Waals surface area contributed by atoms with Gasteiger partial charge in [0, 0.05) is 19.4 Å². The molecule has 2 unspecified atom stereocenters. The quantitative estimate of drug-likeness (QED) is 0.0216. The first-order chi connectivity index (χ1) is 25.8. The fraction of sp³-hybridized carbons (Fsp3) is 0.535. The summed E-state index contributed by atoms with van der Waals surface area (Å²) in [5.74, 6) is -0.928. The van der Waals surface area contributed by atoms with Crippen molar-refractivity contribution in [1.82, 2.24) is 0 Å². The third kappa shape index (κ3) is 38.2. The molecule has 0 rings (SSSR count). The molecule has 0 saturated carbocycles. The van der Waals surface area contributed by atoms with Crippen molar-refractivity contribution in [3.8, 4) is 0 Å². The number of hydrogen-bond donors (Lipinski definition) is 2. The van der Waals surface area contributed by atoms with Gasteiger partial charge in [0.05, 0.1) is 13.2 Å². The van der Waals surface area contributed by atoms with Gasteiger partial charge in [-0.3, -0.25) is 18.6 Å². The van der Waals surface area contributed by atoms with Gasteiger partial charge in [0.1, 0.15) is 6.61 Å². The molecule has 0 amide bonds. The van der Waals surface area contributed by atoms with Gasteiger partial charge < -0.3 is 20.1 Å². The molecule has 0 aliphatic rings. The van der Waals surface area contributed by atoms with Gasteiger partial charge in [-0.05, 0) is 77.0 Å². The Labute approximate surface area is 320 Å². The van der Waals surface area contributed by atoms with E-state index in [9.17, 15) is 19.0 Å². The van der Waals surface area contributed by atoms with Gasteiger partial charge in [-0.25, -0.2) is 4.57 Å². The van der Waals surface area contributed by atoms with E-state index in [4.69, 9.17) is 24.3 Å².